The molecule has 10 nitrogen and oxygen atoms in total. The number of fused-ring (bicyclic) bond motifs is 1. The SMILES string of the molecule is CC(C(N)=O)N(C)C(=O)C(Cc1c[nH]c2ccc(Oc3ccccn3)cc12)NC(=O)OC(C)(C)C. The van der Waals surface area contributed by atoms with E-state index in [9.17, 15) is 14.4 Å². The Morgan fingerprint density at radius 3 is 2.57 bits per heavy atom. The van der Waals surface area contributed by atoms with Gasteiger partial charge in [0.25, 0.3) is 0 Å². The van der Waals surface area contributed by atoms with Gasteiger partial charge in [0, 0.05) is 42.8 Å². The van der Waals surface area contributed by atoms with Gasteiger partial charge in [-0.15, -0.1) is 0 Å². The molecule has 1 aromatic carbocycles. The number of alkyl carbamates (subject to hydrolysis) is 1. The lowest BCUT2D eigenvalue weighted by Crippen LogP contribution is -2.54. The standard InChI is InChI=1S/C25H31N5O5/c1-15(22(26)31)30(5)23(32)20(29-24(33)35-25(2,3)4)12-16-14-28-19-10-9-17(13-18(16)19)34-21-8-6-7-11-27-21/h6-11,13-15,20,28H,12H2,1-5H3,(H2,26,31)(H,29,33). The number of nitrogens with zero attached hydrogens (tertiary/aromatic N) is 2. The Morgan fingerprint density at radius 1 is 1.20 bits per heavy atom. The average molecular weight is 482 g/mol. The van der Waals surface area contributed by atoms with Crippen molar-refractivity contribution in [3.8, 4) is 11.6 Å². The number of likely N-dealkylation sites (N-methyl/N-ethyl adjacent to an activating group) is 1. The minimum Gasteiger partial charge on any atom is -0.444 e. The first-order valence-electron chi connectivity index (χ1n) is 11.2. The Hall–Kier alpha value is -4.08. The summed E-state index contributed by atoms with van der Waals surface area (Å²) in [7, 11) is 1.47. The van der Waals surface area contributed by atoms with Gasteiger partial charge in [-0.05, 0) is 57.5 Å². The number of primary amides is 1. The van der Waals surface area contributed by atoms with Crippen LogP contribution in [0.2, 0.25) is 0 Å². The maximum atomic E-state index is 13.3. The smallest absolute Gasteiger partial charge is 0.408 e. The summed E-state index contributed by atoms with van der Waals surface area (Å²) in [5, 5.41) is 3.46. The van der Waals surface area contributed by atoms with Gasteiger partial charge >= 0.3 is 6.09 Å². The molecule has 3 rings (SSSR count). The van der Waals surface area contributed by atoms with Crippen molar-refractivity contribution in [1.29, 1.82) is 0 Å². The quantitative estimate of drug-likeness (QED) is 0.452. The predicted molar refractivity (Wildman–Crippen MR) is 131 cm³/mol. The molecule has 0 spiro atoms. The Labute approximate surface area is 203 Å². The Kier molecular flexibility index (Phi) is 7.63. The molecule has 0 aliphatic carbocycles. The van der Waals surface area contributed by atoms with Gasteiger partial charge in [-0.25, -0.2) is 9.78 Å². The molecule has 0 aliphatic heterocycles. The second kappa shape index (κ2) is 10.5. The summed E-state index contributed by atoms with van der Waals surface area (Å²) < 4.78 is 11.2. The molecule has 0 bridgehead atoms. The van der Waals surface area contributed by atoms with E-state index in [0.717, 1.165) is 16.5 Å². The summed E-state index contributed by atoms with van der Waals surface area (Å²) in [6.45, 7) is 6.71. The van der Waals surface area contributed by atoms with E-state index in [-0.39, 0.29) is 6.42 Å². The van der Waals surface area contributed by atoms with Crippen molar-refractivity contribution in [3.05, 3.63) is 54.4 Å². The normalized spacial score (nSPS) is 13.1. The number of rotatable bonds is 8. The van der Waals surface area contributed by atoms with Crippen LogP contribution in [-0.2, 0) is 20.7 Å². The van der Waals surface area contributed by atoms with Crippen LogP contribution >= 0.6 is 0 Å². The van der Waals surface area contributed by atoms with Crippen molar-refractivity contribution in [2.45, 2.75) is 51.8 Å². The van der Waals surface area contributed by atoms with E-state index in [0.29, 0.717) is 11.6 Å². The van der Waals surface area contributed by atoms with Crippen LogP contribution in [0, 0.1) is 0 Å². The van der Waals surface area contributed by atoms with Gasteiger partial charge in [0.1, 0.15) is 23.4 Å². The molecule has 3 aromatic rings. The van der Waals surface area contributed by atoms with Gasteiger partial charge in [0.15, 0.2) is 0 Å². The number of aromatic nitrogens is 2. The maximum absolute atomic E-state index is 13.3. The fourth-order valence-corrected chi connectivity index (χ4v) is 3.42. The van der Waals surface area contributed by atoms with E-state index in [1.165, 1.54) is 18.9 Å². The summed E-state index contributed by atoms with van der Waals surface area (Å²) in [6, 6.07) is 9.01. The van der Waals surface area contributed by atoms with Gasteiger partial charge in [0.2, 0.25) is 17.7 Å². The van der Waals surface area contributed by atoms with Crippen LogP contribution in [0.15, 0.2) is 48.8 Å². The van der Waals surface area contributed by atoms with E-state index in [1.54, 1.807) is 51.4 Å². The second-order valence-corrected chi connectivity index (χ2v) is 9.22. The molecule has 0 aliphatic rings. The largest absolute Gasteiger partial charge is 0.444 e. The van der Waals surface area contributed by atoms with Crippen LogP contribution in [0.25, 0.3) is 10.9 Å². The van der Waals surface area contributed by atoms with Crippen molar-refractivity contribution in [2.75, 3.05) is 7.05 Å². The molecule has 0 radical (unpaired) electrons. The molecule has 35 heavy (non-hydrogen) atoms. The number of benzene rings is 1. The number of hydrogen-bond donors (Lipinski definition) is 3. The number of H-pyrrole nitrogens is 1. The maximum Gasteiger partial charge on any atom is 0.408 e. The minimum atomic E-state index is -1.00. The highest BCUT2D eigenvalue weighted by atomic mass is 16.6. The van der Waals surface area contributed by atoms with E-state index in [1.807, 2.05) is 18.2 Å². The first-order valence-corrected chi connectivity index (χ1v) is 11.2. The van der Waals surface area contributed by atoms with Gasteiger partial charge in [0.05, 0.1) is 0 Å². The van der Waals surface area contributed by atoms with Crippen molar-refractivity contribution >= 4 is 28.8 Å². The molecular weight excluding hydrogens is 450 g/mol. The minimum absolute atomic E-state index is 0.140. The number of nitrogens with two attached hydrogens (primary N) is 1. The molecular formula is C25H31N5O5. The molecule has 0 fully saturated rings. The lowest BCUT2D eigenvalue weighted by atomic mass is 10.0. The highest BCUT2D eigenvalue weighted by Crippen LogP contribution is 2.27. The van der Waals surface area contributed by atoms with E-state index < -0.39 is 35.6 Å². The van der Waals surface area contributed by atoms with Crippen molar-refractivity contribution < 1.29 is 23.9 Å². The first kappa shape index (κ1) is 25.5. The molecule has 0 saturated carbocycles. The highest BCUT2D eigenvalue weighted by molar-refractivity contribution is 5.92. The van der Waals surface area contributed by atoms with Crippen LogP contribution in [0.4, 0.5) is 4.79 Å². The van der Waals surface area contributed by atoms with E-state index in [4.69, 9.17) is 15.2 Å². The summed E-state index contributed by atoms with van der Waals surface area (Å²) in [5.41, 5.74) is 6.23. The fourth-order valence-electron chi connectivity index (χ4n) is 3.42. The van der Waals surface area contributed by atoms with Gasteiger partial charge in [-0.2, -0.15) is 0 Å². The van der Waals surface area contributed by atoms with E-state index >= 15 is 0 Å². The zero-order valence-electron chi connectivity index (χ0n) is 20.5. The summed E-state index contributed by atoms with van der Waals surface area (Å²) >= 11 is 0. The van der Waals surface area contributed by atoms with Crippen LogP contribution in [-0.4, -0.2) is 57.5 Å². The Balaban J connectivity index is 1.89. The molecule has 4 N–H and O–H groups in total. The van der Waals surface area contributed by atoms with Gasteiger partial charge < -0.3 is 30.4 Å². The van der Waals surface area contributed by atoms with Crippen LogP contribution in [0.3, 0.4) is 0 Å². The first-order chi connectivity index (χ1) is 16.4. The fraction of sp³-hybridized carbons (Fsp3) is 0.360. The number of ether oxygens (including phenoxy) is 2. The topological polar surface area (TPSA) is 140 Å². The van der Waals surface area contributed by atoms with Gasteiger partial charge in [-0.3, -0.25) is 9.59 Å². The monoisotopic (exact) mass is 481 g/mol. The lowest BCUT2D eigenvalue weighted by Gasteiger charge is -2.28. The van der Waals surface area contributed by atoms with Crippen LogP contribution in [0.5, 0.6) is 11.6 Å². The predicted octanol–water partition coefficient (Wildman–Crippen LogP) is 3.12. The molecule has 2 unspecified atom stereocenters. The van der Waals surface area contributed by atoms with Crippen LogP contribution < -0.4 is 15.8 Å². The number of hydrogen-bond acceptors (Lipinski definition) is 6. The number of amides is 3. The molecule has 2 atom stereocenters. The van der Waals surface area contributed by atoms with Crippen molar-refractivity contribution in [3.63, 3.8) is 0 Å². The third-order valence-electron chi connectivity index (χ3n) is 5.35. The molecule has 186 valence electrons. The van der Waals surface area contributed by atoms with Crippen molar-refractivity contribution in [1.82, 2.24) is 20.2 Å². The van der Waals surface area contributed by atoms with Gasteiger partial charge in [-0.1, -0.05) is 6.07 Å². The molecule has 3 amide bonds. The zero-order valence-corrected chi connectivity index (χ0v) is 20.5. The summed E-state index contributed by atoms with van der Waals surface area (Å²) in [4.78, 5) is 46.0. The Morgan fingerprint density at radius 2 is 1.94 bits per heavy atom. The number of pyridine rings is 1. The summed E-state index contributed by atoms with van der Waals surface area (Å²) in [5.74, 6) is -0.109. The molecule has 2 aromatic heterocycles. The molecule has 2 heterocycles. The third-order valence-corrected chi connectivity index (χ3v) is 5.35. The molecule has 0 saturated heterocycles. The van der Waals surface area contributed by atoms with Crippen molar-refractivity contribution in [2.24, 2.45) is 5.73 Å². The van der Waals surface area contributed by atoms with E-state index in [2.05, 4.69) is 15.3 Å². The number of aromatic amines is 1. The van der Waals surface area contributed by atoms with Crippen LogP contribution in [0.1, 0.15) is 33.3 Å². The molecule has 10 heteroatoms. The third kappa shape index (κ3) is 6.72. The zero-order chi connectivity index (χ0) is 25.8. The highest BCUT2D eigenvalue weighted by Gasteiger charge is 2.31. The Bertz CT molecular complexity index is 1200. The number of carbonyl (C=O) groups is 3. The summed E-state index contributed by atoms with van der Waals surface area (Å²) in [6.07, 6.45) is 2.80. The second-order valence-electron chi connectivity index (χ2n) is 9.22. The lowest BCUT2D eigenvalue weighted by molar-refractivity contribution is -0.138. The number of nitrogens with one attached hydrogen (secondary N) is 2. The number of carbonyl (C=O) groups excluding carboxylic acids is 3. The average Bonchev–Trinajstić information content (AvgIpc) is 3.18.